The number of aromatic amines is 4. The number of halogens is 1. The maximum atomic E-state index is 13.0. The summed E-state index contributed by atoms with van der Waals surface area (Å²) in [6.07, 6.45) is 44.0. The van der Waals surface area contributed by atoms with Crippen LogP contribution in [0.2, 0.25) is 5.02 Å². The average Bonchev–Trinajstić information content (AvgIpc) is 1.61. The molecule has 16 rings (SSSR count). The van der Waals surface area contributed by atoms with Gasteiger partial charge in [-0.05, 0) is 132 Å². The molecule has 12 aromatic rings. The van der Waals surface area contributed by atoms with Gasteiger partial charge in [-0.1, -0.05) is 444 Å². The summed E-state index contributed by atoms with van der Waals surface area (Å²) in [7, 11) is 0. The molecule has 8 N–H and O–H groups in total. The number of rotatable bonds is 44. The summed E-state index contributed by atoms with van der Waals surface area (Å²) in [4.78, 5) is 81.1. The fraction of sp³-hybridized carbons (Fsp3) is 0.410. The molecule has 17 nitrogen and oxygen atoms in total. The second kappa shape index (κ2) is 53.7. The second-order valence-electron chi connectivity index (χ2n) is 39.6. The van der Waals surface area contributed by atoms with Gasteiger partial charge in [-0.2, -0.15) is 0 Å². The van der Waals surface area contributed by atoms with Crippen LogP contribution in [0.4, 0.5) is 0 Å². The number of amides is 4. The molecule has 4 aromatic heterocycles. The largest absolute Gasteiger partial charge is 0.494 e. The first-order valence-corrected chi connectivity index (χ1v) is 52.0. The van der Waals surface area contributed by atoms with Crippen molar-refractivity contribution in [2.45, 2.75) is 320 Å². The average molecular weight is 1940 g/mol. The highest BCUT2D eigenvalue weighted by atomic mass is 35.5. The van der Waals surface area contributed by atoms with Crippen molar-refractivity contribution < 1.29 is 44.3 Å². The Balaban J connectivity index is 0.000000198. The minimum absolute atomic E-state index is 0. The number of carbonyl (C=O) groups is 4. The van der Waals surface area contributed by atoms with E-state index in [2.05, 4.69) is 120 Å². The van der Waals surface area contributed by atoms with Crippen molar-refractivity contribution in [3.05, 3.63) is 294 Å². The van der Waals surface area contributed by atoms with Crippen LogP contribution in [0.1, 0.15) is 397 Å². The zero-order valence-electron chi connectivity index (χ0n) is 82.9. The van der Waals surface area contributed by atoms with Crippen molar-refractivity contribution in [3.63, 3.8) is 0 Å². The Morgan fingerprint density at radius 2 is 0.504 bits per heavy atom. The number of aryl methyl sites for hydroxylation is 3. The number of hydrogen-bond acceptors (Lipinski definition) is 10. The van der Waals surface area contributed by atoms with Crippen molar-refractivity contribution in [2.75, 3.05) is 12.4 Å². The first-order chi connectivity index (χ1) is 66.7. The number of H-pyrrole nitrogens is 4. The van der Waals surface area contributed by atoms with E-state index in [1.54, 1.807) is 24.3 Å². The van der Waals surface area contributed by atoms with Crippen LogP contribution in [0.15, 0.2) is 219 Å². The lowest BCUT2D eigenvalue weighted by atomic mass is 9.86. The summed E-state index contributed by atoms with van der Waals surface area (Å²) < 4.78 is 5.97. The Kier molecular flexibility index (Phi) is 42.2. The molecule has 4 aliphatic rings. The van der Waals surface area contributed by atoms with Crippen LogP contribution in [-0.4, -0.2) is 99.2 Å². The summed E-state index contributed by atoms with van der Waals surface area (Å²) in [5.41, 5.74) is 20.5. The number of hydrogen-bond donors (Lipinski definition) is 8. The van der Waals surface area contributed by atoms with Crippen molar-refractivity contribution in [1.82, 2.24) is 19.9 Å². The maximum absolute atomic E-state index is 13.0. The highest BCUT2D eigenvalue weighted by Gasteiger charge is 2.38. The zero-order valence-corrected chi connectivity index (χ0v) is 84.5. The second-order valence-corrected chi connectivity index (χ2v) is 41.2. The normalized spacial score (nSPS) is 12.7. The van der Waals surface area contributed by atoms with Crippen molar-refractivity contribution in [2.24, 2.45) is 20.0 Å². The van der Waals surface area contributed by atoms with Crippen molar-refractivity contribution in [3.8, 4) is 74.3 Å². The molecular weight excluding hydrogens is 1790 g/mol. The lowest BCUT2D eigenvalue weighted by Crippen LogP contribution is -2.11. The third-order valence-electron chi connectivity index (χ3n) is 26.6. The molecule has 8 heterocycles. The maximum Gasteiger partial charge on any atom is 0.280 e. The van der Waals surface area contributed by atoms with E-state index in [0.29, 0.717) is 102 Å². The molecule has 0 fully saturated rings. The monoisotopic (exact) mass is 1940 g/mol. The molecule has 0 unspecified atom stereocenters. The number of benzene rings is 8. The predicted molar refractivity (Wildman–Crippen MR) is 589 cm³/mol. The van der Waals surface area contributed by atoms with Gasteiger partial charge < -0.3 is 45.1 Å². The molecule has 0 radical (unpaired) electrons. The number of unbranched alkanes of at least 4 members (excludes halogenated alkanes) is 30. The molecule has 0 saturated carbocycles. The van der Waals surface area contributed by atoms with Crippen molar-refractivity contribution in [1.29, 1.82) is 0 Å². The highest BCUT2D eigenvalue weighted by Crippen LogP contribution is 2.45. The van der Waals surface area contributed by atoms with E-state index >= 15 is 0 Å². The molecule has 0 spiro atoms. The van der Waals surface area contributed by atoms with E-state index in [1.165, 1.54) is 215 Å². The topological polar surface area (TPSA) is 271 Å². The summed E-state index contributed by atoms with van der Waals surface area (Å²) >= 11 is 7.84. The number of fused-ring (bicyclic) bond motifs is 4. The quantitative estimate of drug-likeness (QED) is 0.0132. The van der Waals surface area contributed by atoms with Crippen LogP contribution in [0.5, 0.6) is 29.3 Å². The third kappa shape index (κ3) is 29.5. The molecule has 4 aliphatic heterocycles. The molecule has 0 aliphatic carbocycles. The number of carbonyl (C=O) groups excluding carboxylic acids is 4. The lowest BCUT2D eigenvalue weighted by molar-refractivity contribution is 0.0998. The molecule has 0 saturated heterocycles. The summed E-state index contributed by atoms with van der Waals surface area (Å²) in [6.45, 7) is 24.3. The first kappa shape index (κ1) is 111. The number of aliphatic imine (C=N–C) groups is 4. The summed E-state index contributed by atoms with van der Waals surface area (Å²) in [5.74, 6) is 0.485. The van der Waals surface area contributed by atoms with E-state index < -0.39 is 0 Å². The number of aromatic nitrogens is 4. The predicted octanol–water partition coefficient (Wildman–Crippen LogP) is 33.6. The van der Waals surface area contributed by atoms with E-state index in [9.17, 15) is 39.6 Å². The number of aromatic hydroxyl groups is 4. The molecular formula is C122H153ClN8O9S. The van der Waals surface area contributed by atoms with Gasteiger partial charge in [-0.25, -0.2) is 20.0 Å². The Morgan fingerprint density at radius 1 is 0.284 bits per heavy atom. The molecule has 8 aromatic carbocycles. The molecule has 4 amide bonds. The lowest BCUT2D eigenvalue weighted by Gasteiger charge is -2.19. The van der Waals surface area contributed by atoms with Gasteiger partial charge in [0.05, 0.1) is 96.7 Å². The van der Waals surface area contributed by atoms with E-state index in [1.807, 2.05) is 178 Å². The minimum Gasteiger partial charge on any atom is -0.494 e. The van der Waals surface area contributed by atoms with E-state index in [0.717, 1.165) is 79.1 Å². The Hall–Kier alpha value is -12.1. The molecule has 0 atom stereocenters. The standard InChI is InChI=1S/C40H56N2O2S.C37H50N2O3.C22H19ClN2O2.C20H16N2O2.3CH4/c1-5-6-7-8-9-10-11-12-13-14-15-16-17-18-19-20-29-45-33-27-23-31(24-28-33)37-35-34(38(43)42-37)36(41-39(35)44)30-21-25-32(26-22-30)40(2,3)4;1-3-4-5-6-7-8-9-10-11-12-13-14-15-16-17-18-27-42-31-25-23-30(24-26-31)35-33-32(36(40)39-35)34(38-37(33)41)29-21-19-28(2)20-22-29;1-22(2,3)14-8-4-12(5-9-14)18-16-17(21(27)24-18)19(25-20(16)26)13-6-10-15(23)11-7-13;1-11-3-7-13(8-4-11)17-15-16(20(24)21-17)18(22-19(15)23)14-9-5-12(2)6-10-14;;;/h21-28,42-43H,5-20,29H2,1-4H3;19-26,39-40H,3-18,27H2,1-2H3;4-11,25-26H,1-3H3;3-10,21,24H,1-2H3;3*1H4. The van der Waals surface area contributed by atoms with Gasteiger partial charge in [0.2, 0.25) is 0 Å². The van der Waals surface area contributed by atoms with Crippen LogP contribution < -0.4 is 4.74 Å². The van der Waals surface area contributed by atoms with Crippen LogP contribution >= 0.6 is 23.4 Å². The van der Waals surface area contributed by atoms with Gasteiger partial charge >= 0.3 is 0 Å². The number of ether oxygens (including phenoxy) is 1. The SMILES string of the molecule is C.C.C.CC(C)(C)c1ccc(C2=NC(=O)c3c(-c4ccc(Cl)cc4)[nH]c(O)c32)cc1.CCCCCCCCCCCCCCCCCCOc1ccc(-c2[nH]c(O)c3c2C(=O)N=C3c2ccc(C)cc2)cc1.CCCCCCCCCCCCCCCCCCSc1ccc(-c2[nH]c(O)c3c2C(=O)N=C3c2ccc(C(C)(C)C)cc2)cc1.Cc1ccc(C2=NC(=O)c3c(-c4ccc(C)cc4)[nH]c(O)c32)cc1. The summed E-state index contributed by atoms with van der Waals surface area (Å²) in [5, 5.41) is 43.0. The number of thioether (sulfide) groups is 1. The fourth-order valence-electron chi connectivity index (χ4n) is 18.4. The molecule has 19 heteroatoms. The van der Waals surface area contributed by atoms with Crippen LogP contribution in [-0.2, 0) is 10.8 Å². The van der Waals surface area contributed by atoms with Gasteiger partial charge in [0.1, 0.15) is 5.75 Å². The molecule has 141 heavy (non-hydrogen) atoms. The van der Waals surface area contributed by atoms with E-state index in [4.69, 9.17) is 16.3 Å². The van der Waals surface area contributed by atoms with Gasteiger partial charge in [-0.3, -0.25) is 19.2 Å². The van der Waals surface area contributed by atoms with E-state index in [-0.39, 0.29) is 80.3 Å². The summed E-state index contributed by atoms with van der Waals surface area (Å²) in [6, 6.07) is 62.5. The van der Waals surface area contributed by atoms with Crippen molar-refractivity contribution >= 4 is 69.8 Å². The third-order valence-corrected chi connectivity index (χ3v) is 27.9. The Labute approximate surface area is 848 Å². The first-order valence-electron chi connectivity index (χ1n) is 50.7. The number of nitrogens with zero attached hydrogens (tertiary/aromatic N) is 4. The minimum atomic E-state index is -0.360. The zero-order chi connectivity index (χ0) is 97.8. The number of nitrogens with one attached hydrogen (secondary N) is 4. The smallest absolute Gasteiger partial charge is 0.280 e. The van der Waals surface area contributed by atoms with Gasteiger partial charge in [-0.15, -0.1) is 11.8 Å². The molecule has 0 bridgehead atoms. The molecule has 748 valence electrons. The van der Waals surface area contributed by atoms with Gasteiger partial charge in [0, 0.05) is 32.2 Å². The fourth-order valence-corrected chi connectivity index (χ4v) is 19.5. The van der Waals surface area contributed by atoms with Crippen LogP contribution in [0.25, 0.3) is 45.0 Å². The van der Waals surface area contributed by atoms with Crippen LogP contribution in [0.3, 0.4) is 0 Å². The Bertz CT molecular complexity index is 6200. The van der Waals surface area contributed by atoms with Crippen LogP contribution in [0, 0.1) is 20.8 Å². The Morgan fingerprint density at radius 3 is 0.766 bits per heavy atom. The highest BCUT2D eigenvalue weighted by molar-refractivity contribution is 7.99. The van der Waals surface area contributed by atoms with Gasteiger partial charge in [0.15, 0.2) is 23.5 Å². The van der Waals surface area contributed by atoms with Gasteiger partial charge in [0.25, 0.3) is 23.6 Å².